The van der Waals surface area contributed by atoms with Gasteiger partial charge >= 0.3 is 0 Å². The van der Waals surface area contributed by atoms with E-state index in [4.69, 9.17) is 5.26 Å². The molecule has 8 heteroatoms. The van der Waals surface area contributed by atoms with Crippen molar-refractivity contribution in [3.8, 4) is 6.07 Å². The fourth-order valence-corrected chi connectivity index (χ4v) is 4.15. The second-order valence-electron chi connectivity index (χ2n) is 4.97. The summed E-state index contributed by atoms with van der Waals surface area (Å²) in [5.74, 6) is 0. The Kier molecular flexibility index (Phi) is 4.09. The zero-order valence-electron chi connectivity index (χ0n) is 11.8. The van der Waals surface area contributed by atoms with Crippen molar-refractivity contribution < 1.29 is 8.42 Å². The van der Waals surface area contributed by atoms with Crippen LogP contribution in [-0.2, 0) is 15.6 Å². The van der Waals surface area contributed by atoms with Gasteiger partial charge < -0.3 is 0 Å². The summed E-state index contributed by atoms with van der Waals surface area (Å²) in [7, 11) is -3.87. The summed E-state index contributed by atoms with van der Waals surface area (Å²) in [6.45, 7) is 5.36. The molecule has 0 radical (unpaired) electrons. The quantitative estimate of drug-likeness (QED) is 0.928. The minimum Gasteiger partial charge on any atom is -0.247 e. The average Bonchev–Trinajstić information content (AvgIpc) is 2.85. The van der Waals surface area contributed by atoms with Gasteiger partial charge in [-0.1, -0.05) is 0 Å². The molecule has 0 aliphatic heterocycles. The highest BCUT2D eigenvalue weighted by atomic mass is 32.2. The number of pyridine rings is 1. The predicted octanol–water partition coefficient (Wildman–Crippen LogP) is 1.93. The van der Waals surface area contributed by atoms with Gasteiger partial charge in [0.2, 0.25) is 10.0 Å². The summed E-state index contributed by atoms with van der Waals surface area (Å²) in [6.07, 6.45) is 3.08. The van der Waals surface area contributed by atoms with Gasteiger partial charge in [0.1, 0.15) is 16.0 Å². The Bertz CT molecular complexity index is 804. The Hall–Kier alpha value is -1.82. The fourth-order valence-electron chi connectivity index (χ4n) is 1.77. The lowest BCUT2D eigenvalue weighted by atomic mass is 10.1. The number of thiazole rings is 1. The molecule has 2 rings (SSSR count). The number of aryl methyl sites for hydroxylation is 1. The maximum absolute atomic E-state index is 12.5. The Morgan fingerprint density at radius 1 is 1.38 bits per heavy atom. The molecule has 0 aliphatic carbocycles. The smallest absolute Gasteiger partial charge is 0.244 e. The first-order chi connectivity index (χ1) is 9.76. The molecule has 2 aromatic heterocycles. The molecule has 0 saturated heterocycles. The minimum atomic E-state index is -3.87. The molecule has 1 N–H and O–H groups in total. The van der Waals surface area contributed by atoms with Gasteiger partial charge in [0.05, 0.1) is 5.54 Å². The molecule has 0 aromatic carbocycles. The zero-order valence-corrected chi connectivity index (χ0v) is 13.4. The first-order valence-corrected chi connectivity index (χ1v) is 8.38. The van der Waals surface area contributed by atoms with Gasteiger partial charge in [0.15, 0.2) is 5.69 Å². The normalized spacial score (nSPS) is 12.1. The standard InChI is InChI=1S/C13H14N4O2S2/c1-9-8-16-12(20-9)13(2,3)17-21(18,19)11-5-4-6-15-10(11)7-14/h4-6,8,17H,1-3H3. The number of sulfonamides is 1. The van der Waals surface area contributed by atoms with E-state index in [1.54, 1.807) is 26.1 Å². The summed E-state index contributed by atoms with van der Waals surface area (Å²) < 4.78 is 27.5. The topological polar surface area (TPSA) is 95.7 Å². The molecule has 110 valence electrons. The van der Waals surface area contributed by atoms with E-state index in [1.165, 1.54) is 29.7 Å². The number of nitrogens with zero attached hydrogens (tertiary/aromatic N) is 3. The van der Waals surface area contributed by atoms with Crippen LogP contribution in [0.1, 0.15) is 29.4 Å². The Balaban J connectivity index is 2.40. The first-order valence-electron chi connectivity index (χ1n) is 6.08. The summed E-state index contributed by atoms with van der Waals surface area (Å²) in [4.78, 5) is 8.86. The van der Waals surface area contributed by atoms with E-state index in [2.05, 4.69) is 14.7 Å². The second kappa shape index (κ2) is 5.52. The average molecular weight is 322 g/mol. The van der Waals surface area contributed by atoms with Crippen LogP contribution in [0.15, 0.2) is 29.4 Å². The molecule has 21 heavy (non-hydrogen) atoms. The van der Waals surface area contributed by atoms with Crippen molar-refractivity contribution in [3.63, 3.8) is 0 Å². The van der Waals surface area contributed by atoms with Crippen LogP contribution >= 0.6 is 11.3 Å². The van der Waals surface area contributed by atoms with Gasteiger partial charge in [0, 0.05) is 17.3 Å². The minimum absolute atomic E-state index is 0.129. The first kappa shape index (κ1) is 15.6. The number of nitrogens with one attached hydrogen (secondary N) is 1. The summed E-state index contributed by atoms with van der Waals surface area (Å²) >= 11 is 1.42. The molecule has 0 atom stereocenters. The SMILES string of the molecule is Cc1cnc(C(C)(C)NS(=O)(=O)c2cccnc2C#N)s1. The van der Waals surface area contributed by atoms with Gasteiger partial charge in [-0.2, -0.15) is 9.98 Å². The Morgan fingerprint density at radius 3 is 2.67 bits per heavy atom. The van der Waals surface area contributed by atoms with E-state index >= 15 is 0 Å². The number of rotatable bonds is 4. The van der Waals surface area contributed by atoms with E-state index in [1.807, 2.05) is 6.92 Å². The monoisotopic (exact) mass is 322 g/mol. The highest BCUT2D eigenvalue weighted by Crippen LogP contribution is 2.27. The number of nitriles is 1. The third-order valence-electron chi connectivity index (χ3n) is 2.71. The molecule has 2 heterocycles. The lowest BCUT2D eigenvalue weighted by molar-refractivity contribution is 0.469. The van der Waals surface area contributed by atoms with E-state index in [0.29, 0.717) is 5.01 Å². The predicted molar refractivity (Wildman–Crippen MR) is 79.2 cm³/mol. The van der Waals surface area contributed by atoms with Crippen LogP contribution in [0.5, 0.6) is 0 Å². The Morgan fingerprint density at radius 2 is 2.10 bits per heavy atom. The highest BCUT2D eigenvalue weighted by Gasteiger charge is 2.31. The van der Waals surface area contributed by atoms with Crippen LogP contribution in [0.3, 0.4) is 0 Å². The summed E-state index contributed by atoms with van der Waals surface area (Å²) in [5, 5.41) is 9.64. The molecular weight excluding hydrogens is 308 g/mol. The highest BCUT2D eigenvalue weighted by molar-refractivity contribution is 7.89. The number of aromatic nitrogens is 2. The molecule has 0 amide bonds. The van der Waals surface area contributed by atoms with Crippen molar-refractivity contribution in [3.05, 3.63) is 40.1 Å². The van der Waals surface area contributed by atoms with Crippen molar-refractivity contribution in [2.24, 2.45) is 0 Å². The lowest BCUT2D eigenvalue weighted by Crippen LogP contribution is -2.41. The molecule has 0 saturated carbocycles. The zero-order chi connectivity index (χ0) is 15.7. The third kappa shape index (κ3) is 3.26. The molecular formula is C13H14N4O2S2. The molecule has 0 bridgehead atoms. The summed E-state index contributed by atoms with van der Waals surface area (Å²) in [5.41, 5.74) is -1.00. The molecule has 6 nitrogen and oxygen atoms in total. The van der Waals surface area contributed by atoms with Crippen molar-refractivity contribution >= 4 is 21.4 Å². The molecule has 0 unspecified atom stereocenters. The van der Waals surface area contributed by atoms with Crippen LogP contribution in [0, 0.1) is 18.3 Å². The van der Waals surface area contributed by atoms with Gasteiger partial charge in [-0.15, -0.1) is 11.3 Å². The van der Waals surface area contributed by atoms with Crippen LogP contribution in [0.2, 0.25) is 0 Å². The largest absolute Gasteiger partial charge is 0.247 e. The van der Waals surface area contributed by atoms with Crippen molar-refractivity contribution in [1.29, 1.82) is 5.26 Å². The van der Waals surface area contributed by atoms with Gasteiger partial charge in [-0.05, 0) is 32.9 Å². The maximum Gasteiger partial charge on any atom is 0.244 e. The third-order valence-corrected chi connectivity index (χ3v) is 5.64. The Labute approximate surface area is 127 Å². The van der Waals surface area contributed by atoms with Gasteiger partial charge in [-0.25, -0.2) is 18.4 Å². The molecule has 2 aromatic rings. The van der Waals surface area contributed by atoms with Crippen LogP contribution in [0.4, 0.5) is 0 Å². The number of hydrogen-bond acceptors (Lipinski definition) is 6. The molecule has 0 fully saturated rings. The van der Waals surface area contributed by atoms with E-state index in [-0.39, 0.29) is 10.6 Å². The van der Waals surface area contributed by atoms with Gasteiger partial charge in [0.25, 0.3) is 0 Å². The van der Waals surface area contributed by atoms with Crippen molar-refractivity contribution in [1.82, 2.24) is 14.7 Å². The van der Waals surface area contributed by atoms with Crippen LogP contribution in [-0.4, -0.2) is 18.4 Å². The fraction of sp³-hybridized carbons (Fsp3) is 0.308. The lowest BCUT2D eigenvalue weighted by Gasteiger charge is -2.23. The van der Waals surface area contributed by atoms with E-state index in [0.717, 1.165) is 4.88 Å². The maximum atomic E-state index is 12.5. The van der Waals surface area contributed by atoms with Crippen molar-refractivity contribution in [2.45, 2.75) is 31.2 Å². The summed E-state index contributed by atoms with van der Waals surface area (Å²) in [6, 6.07) is 4.63. The van der Waals surface area contributed by atoms with E-state index < -0.39 is 15.6 Å². The second-order valence-corrected chi connectivity index (χ2v) is 7.85. The van der Waals surface area contributed by atoms with Crippen molar-refractivity contribution in [2.75, 3.05) is 0 Å². The van der Waals surface area contributed by atoms with E-state index in [9.17, 15) is 8.42 Å². The molecule has 0 aliphatic rings. The number of hydrogen-bond donors (Lipinski definition) is 1. The van der Waals surface area contributed by atoms with Crippen LogP contribution in [0.25, 0.3) is 0 Å². The van der Waals surface area contributed by atoms with Crippen LogP contribution < -0.4 is 4.72 Å². The van der Waals surface area contributed by atoms with Gasteiger partial charge in [-0.3, -0.25) is 0 Å². The molecule has 0 spiro atoms.